The predicted octanol–water partition coefficient (Wildman–Crippen LogP) is 3.61. The molecule has 0 aliphatic heterocycles. The van der Waals surface area contributed by atoms with Crippen LogP contribution >= 0.6 is 11.3 Å². The van der Waals surface area contributed by atoms with E-state index in [-0.39, 0.29) is 11.4 Å². The maximum atomic E-state index is 12.5. The van der Waals surface area contributed by atoms with Gasteiger partial charge in [0.05, 0.1) is 28.9 Å². The molecule has 2 aromatic rings. The van der Waals surface area contributed by atoms with Crippen molar-refractivity contribution in [1.82, 2.24) is 0 Å². The summed E-state index contributed by atoms with van der Waals surface area (Å²) >= 11 is 1.16. The Labute approximate surface area is 122 Å². The molecule has 4 nitrogen and oxygen atoms in total. The van der Waals surface area contributed by atoms with Crippen molar-refractivity contribution in [2.75, 3.05) is 18.2 Å². The lowest BCUT2D eigenvalue weighted by Crippen LogP contribution is -2.13. The fraction of sp³-hybridized carbons (Fsp3) is 0.154. The minimum atomic E-state index is -4.47. The van der Waals surface area contributed by atoms with E-state index in [4.69, 9.17) is 10.5 Å². The van der Waals surface area contributed by atoms with Gasteiger partial charge in [0.2, 0.25) is 0 Å². The molecule has 0 atom stereocenters. The van der Waals surface area contributed by atoms with E-state index in [1.54, 1.807) is 5.38 Å². The highest BCUT2D eigenvalue weighted by molar-refractivity contribution is 7.12. The lowest BCUT2D eigenvalue weighted by atomic mass is 10.1. The predicted molar refractivity (Wildman–Crippen MR) is 74.7 cm³/mol. The monoisotopic (exact) mass is 316 g/mol. The first kappa shape index (κ1) is 15.2. The number of thiophene rings is 1. The molecule has 0 unspecified atom stereocenters. The molecule has 0 radical (unpaired) electrons. The van der Waals surface area contributed by atoms with Gasteiger partial charge in [-0.2, -0.15) is 13.2 Å². The van der Waals surface area contributed by atoms with Crippen LogP contribution in [0.15, 0.2) is 29.6 Å². The van der Waals surface area contributed by atoms with Crippen molar-refractivity contribution in [2.45, 2.75) is 6.18 Å². The number of nitrogens with two attached hydrogens (primary N) is 1. The maximum absolute atomic E-state index is 12.5. The number of rotatable bonds is 3. The van der Waals surface area contributed by atoms with Crippen LogP contribution in [0.3, 0.4) is 0 Å². The van der Waals surface area contributed by atoms with Gasteiger partial charge in [-0.05, 0) is 18.2 Å². The average Bonchev–Trinajstić information content (AvgIpc) is 2.88. The number of ether oxygens (including phenoxy) is 1. The Kier molecular flexibility index (Phi) is 4.08. The summed E-state index contributed by atoms with van der Waals surface area (Å²) < 4.78 is 42.5. The van der Waals surface area contributed by atoms with Gasteiger partial charge in [0.15, 0.2) is 0 Å². The average molecular weight is 316 g/mol. The molecule has 0 aliphatic carbocycles. The highest BCUT2D eigenvalue weighted by Gasteiger charge is 2.30. The lowest BCUT2D eigenvalue weighted by molar-refractivity contribution is -0.137. The Bertz CT molecular complexity index is 668. The Morgan fingerprint density at radius 1 is 1.33 bits per heavy atom. The van der Waals surface area contributed by atoms with Crippen LogP contribution in [0.5, 0.6) is 5.75 Å². The third-order valence-corrected chi connectivity index (χ3v) is 3.57. The molecule has 1 heterocycles. The summed E-state index contributed by atoms with van der Waals surface area (Å²) in [6, 6.07) is 4.30. The molecule has 0 bridgehead atoms. The van der Waals surface area contributed by atoms with Crippen LogP contribution in [0.2, 0.25) is 0 Å². The van der Waals surface area contributed by atoms with Gasteiger partial charge in [-0.15, -0.1) is 11.3 Å². The summed E-state index contributed by atoms with van der Waals surface area (Å²) in [4.78, 5) is 12.3. The van der Waals surface area contributed by atoms with Gasteiger partial charge >= 0.3 is 6.18 Å². The fourth-order valence-electron chi connectivity index (χ4n) is 1.58. The van der Waals surface area contributed by atoms with Crippen LogP contribution in [0, 0.1) is 0 Å². The number of carbonyl (C=O) groups excluding carboxylic acids is 1. The van der Waals surface area contributed by atoms with Crippen molar-refractivity contribution in [3.8, 4) is 5.75 Å². The smallest absolute Gasteiger partial charge is 0.416 e. The molecule has 0 spiro atoms. The lowest BCUT2D eigenvalue weighted by Gasteiger charge is -2.11. The zero-order chi connectivity index (χ0) is 15.6. The molecule has 112 valence electrons. The van der Waals surface area contributed by atoms with Gasteiger partial charge in [0.25, 0.3) is 5.91 Å². The second-order valence-corrected chi connectivity index (χ2v) is 5.02. The first-order valence-corrected chi connectivity index (χ1v) is 6.60. The van der Waals surface area contributed by atoms with Crippen molar-refractivity contribution in [1.29, 1.82) is 0 Å². The second kappa shape index (κ2) is 5.65. The number of anilines is 2. The molecule has 1 aromatic heterocycles. The maximum Gasteiger partial charge on any atom is 0.416 e. The van der Waals surface area contributed by atoms with Crippen molar-refractivity contribution >= 4 is 28.6 Å². The highest BCUT2D eigenvalue weighted by atomic mass is 32.1. The van der Waals surface area contributed by atoms with Crippen LogP contribution in [0.1, 0.15) is 15.2 Å². The van der Waals surface area contributed by atoms with Crippen LogP contribution in [0.4, 0.5) is 24.5 Å². The molecule has 0 aliphatic rings. The summed E-state index contributed by atoms with van der Waals surface area (Å²) in [7, 11) is 1.47. The number of methoxy groups -OCH3 is 1. The van der Waals surface area contributed by atoms with E-state index in [1.165, 1.54) is 13.2 Å². The number of carbonyl (C=O) groups is 1. The summed E-state index contributed by atoms with van der Waals surface area (Å²) in [5.41, 5.74) is 4.65. The van der Waals surface area contributed by atoms with Crippen LogP contribution in [0.25, 0.3) is 0 Å². The van der Waals surface area contributed by atoms with Gasteiger partial charge in [0, 0.05) is 11.4 Å². The van der Waals surface area contributed by atoms with Crippen molar-refractivity contribution in [3.63, 3.8) is 0 Å². The van der Waals surface area contributed by atoms with E-state index in [9.17, 15) is 18.0 Å². The van der Waals surface area contributed by atoms with Gasteiger partial charge in [-0.1, -0.05) is 0 Å². The number of nitrogen functional groups attached to an aromatic ring is 1. The SMILES string of the molecule is COc1csc(C(=O)Nc2ccc(C(F)(F)F)cc2N)c1. The molecule has 0 fully saturated rings. The van der Waals surface area contributed by atoms with E-state index in [1.807, 2.05) is 0 Å². The first-order chi connectivity index (χ1) is 9.81. The van der Waals surface area contributed by atoms with Crippen molar-refractivity contribution < 1.29 is 22.7 Å². The van der Waals surface area contributed by atoms with Crippen molar-refractivity contribution in [3.05, 3.63) is 40.1 Å². The van der Waals surface area contributed by atoms with E-state index in [2.05, 4.69) is 5.32 Å². The topological polar surface area (TPSA) is 64.3 Å². The molecule has 1 aromatic carbocycles. The minimum Gasteiger partial charge on any atom is -0.496 e. The first-order valence-electron chi connectivity index (χ1n) is 5.72. The van der Waals surface area contributed by atoms with Gasteiger partial charge < -0.3 is 15.8 Å². The number of benzene rings is 1. The number of hydrogen-bond donors (Lipinski definition) is 2. The second-order valence-electron chi connectivity index (χ2n) is 4.10. The number of amides is 1. The molecular formula is C13H11F3N2O2S. The Morgan fingerprint density at radius 3 is 2.57 bits per heavy atom. The van der Waals surface area contributed by atoms with Crippen LogP contribution in [-0.2, 0) is 6.18 Å². The van der Waals surface area contributed by atoms with Gasteiger partial charge in [-0.25, -0.2) is 0 Å². The van der Waals surface area contributed by atoms with Crippen molar-refractivity contribution in [2.24, 2.45) is 0 Å². The molecule has 8 heteroatoms. The van der Waals surface area contributed by atoms with E-state index in [0.29, 0.717) is 10.6 Å². The Balaban J connectivity index is 2.18. The number of hydrogen-bond acceptors (Lipinski definition) is 4. The van der Waals surface area contributed by atoms with E-state index in [0.717, 1.165) is 29.5 Å². The molecule has 21 heavy (non-hydrogen) atoms. The van der Waals surface area contributed by atoms with Gasteiger partial charge in [0.1, 0.15) is 5.75 Å². The third-order valence-electron chi connectivity index (χ3n) is 2.66. The molecule has 2 rings (SSSR count). The summed E-state index contributed by atoms with van der Waals surface area (Å²) in [6.45, 7) is 0. The zero-order valence-electron chi connectivity index (χ0n) is 10.8. The van der Waals surface area contributed by atoms with Crippen LogP contribution < -0.4 is 15.8 Å². The van der Waals surface area contributed by atoms with E-state index >= 15 is 0 Å². The number of alkyl halides is 3. The molecule has 0 saturated heterocycles. The van der Waals surface area contributed by atoms with Crippen LogP contribution in [-0.4, -0.2) is 13.0 Å². The highest BCUT2D eigenvalue weighted by Crippen LogP contribution is 2.33. The summed E-state index contributed by atoms with van der Waals surface area (Å²) in [5, 5.41) is 4.11. The third kappa shape index (κ3) is 3.46. The Morgan fingerprint density at radius 2 is 2.05 bits per heavy atom. The molecule has 1 amide bonds. The summed E-state index contributed by atoms with van der Waals surface area (Å²) in [6.07, 6.45) is -4.47. The fourth-order valence-corrected chi connectivity index (χ4v) is 2.33. The molecule has 3 N–H and O–H groups in total. The Hall–Kier alpha value is -2.22. The standard InChI is InChI=1S/C13H11F3N2O2S/c1-20-8-5-11(21-6-8)12(19)18-10-3-2-7(4-9(10)17)13(14,15)16/h2-6H,17H2,1H3,(H,18,19). The molecular weight excluding hydrogens is 305 g/mol. The van der Waals surface area contributed by atoms with Gasteiger partial charge in [-0.3, -0.25) is 4.79 Å². The minimum absolute atomic E-state index is 0.125. The zero-order valence-corrected chi connectivity index (χ0v) is 11.6. The van der Waals surface area contributed by atoms with E-state index < -0.39 is 17.6 Å². The normalized spacial score (nSPS) is 11.2. The summed E-state index contributed by atoms with van der Waals surface area (Å²) in [5.74, 6) is 0.0697. The quantitative estimate of drug-likeness (QED) is 0.850. The number of halogens is 3. The largest absolute Gasteiger partial charge is 0.496 e. The number of nitrogens with one attached hydrogen (secondary N) is 1. The molecule has 0 saturated carbocycles.